The molecule has 31 heavy (non-hydrogen) atoms. The zero-order valence-electron chi connectivity index (χ0n) is 16.7. The Morgan fingerprint density at radius 2 is 1.94 bits per heavy atom. The number of hydrogen-bond acceptors (Lipinski definition) is 8. The first kappa shape index (κ1) is 20.9. The van der Waals surface area contributed by atoms with Crippen LogP contribution in [-0.4, -0.2) is 53.0 Å². The van der Waals surface area contributed by atoms with Crippen molar-refractivity contribution in [2.45, 2.75) is 6.54 Å². The highest BCUT2D eigenvalue weighted by Crippen LogP contribution is 2.30. The third-order valence-electron chi connectivity index (χ3n) is 4.73. The number of hydrogen-bond donors (Lipinski definition) is 3. The van der Waals surface area contributed by atoms with Gasteiger partial charge in [0.2, 0.25) is 0 Å². The van der Waals surface area contributed by atoms with Gasteiger partial charge in [0.1, 0.15) is 5.00 Å². The molecule has 1 aliphatic heterocycles. The Kier molecular flexibility index (Phi) is 6.51. The summed E-state index contributed by atoms with van der Waals surface area (Å²) in [5, 5.41) is 6.52. The number of aromatic nitrogens is 2. The van der Waals surface area contributed by atoms with Crippen LogP contribution in [0, 0.1) is 0 Å². The molecule has 0 aliphatic carbocycles. The van der Waals surface area contributed by atoms with Gasteiger partial charge in [-0.15, -0.1) is 0 Å². The van der Waals surface area contributed by atoms with Gasteiger partial charge in [0.05, 0.1) is 25.1 Å². The van der Waals surface area contributed by atoms with E-state index in [4.69, 9.17) is 10.5 Å². The molecule has 1 aliphatic rings. The van der Waals surface area contributed by atoms with Crippen molar-refractivity contribution in [2.24, 2.45) is 5.73 Å². The lowest BCUT2D eigenvalue weighted by Crippen LogP contribution is -2.35. The third-order valence-corrected chi connectivity index (χ3v) is 5.61. The molecule has 1 fully saturated rings. The zero-order valence-corrected chi connectivity index (χ0v) is 17.5. The lowest BCUT2D eigenvalue weighted by molar-refractivity contribution is 0.0342. The Balaban J connectivity index is 1.44. The van der Waals surface area contributed by atoms with E-state index in [9.17, 15) is 9.59 Å². The second-order valence-electron chi connectivity index (χ2n) is 6.97. The number of thiazole rings is 1. The van der Waals surface area contributed by atoms with E-state index in [1.807, 2.05) is 18.2 Å². The summed E-state index contributed by atoms with van der Waals surface area (Å²) < 4.78 is 5.37. The predicted octanol–water partition coefficient (Wildman–Crippen LogP) is 2.47. The maximum atomic E-state index is 12.7. The Bertz CT molecular complexity index is 1050. The number of carbonyl (C=O) groups is 2. The first-order valence-corrected chi connectivity index (χ1v) is 10.6. The SMILES string of the molecule is NC(=O)c1nc(Nc2cccnc2)sc1NC(=O)c1ccc(CN2CCOCC2)cc1. The Morgan fingerprint density at radius 3 is 2.61 bits per heavy atom. The number of carbonyl (C=O) groups excluding carboxylic acids is 2. The van der Waals surface area contributed by atoms with E-state index >= 15 is 0 Å². The summed E-state index contributed by atoms with van der Waals surface area (Å²) in [6, 6.07) is 11.0. The summed E-state index contributed by atoms with van der Waals surface area (Å²) in [6.07, 6.45) is 3.28. The number of nitrogens with one attached hydrogen (secondary N) is 2. The smallest absolute Gasteiger partial charge is 0.270 e. The molecule has 0 bridgehead atoms. The summed E-state index contributed by atoms with van der Waals surface area (Å²) in [4.78, 5) is 35.1. The second-order valence-corrected chi connectivity index (χ2v) is 7.97. The van der Waals surface area contributed by atoms with Crippen molar-refractivity contribution in [3.8, 4) is 0 Å². The van der Waals surface area contributed by atoms with Crippen LogP contribution in [0.1, 0.15) is 26.4 Å². The van der Waals surface area contributed by atoms with Crippen molar-refractivity contribution in [1.82, 2.24) is 14.9 Å². The van der Waals surface area contributed by atoms with E-state index in [1.54, 1.807) is 30.6 Å². The lowest BCUT2D eigenvalue weighted by atomic mass is 10.1. The molecule has 0 saturated carbocycles. The quantitative estimate of drug-likeness (QED) is 0.518. The van der Waals surface area contributed by atoms with Gasteiger partial charge in [0.15, 0.2) is 10.8 Å². The molecule has 9 nitrogen and oxygen atoms in total. The Labute approximate surface area is 183 Å². The predicted molar refractivity (Wildman–Crippen MR) is 119 cm³/mol. The van der Waals surface area contributed by atoms with Crippen LogP contribution in [0.5, 0.6) is 0 Å². The van der Waals surface area contributed by atoms with Crippen molar-refractivity contribution in [1.29, 1.82) is 0 Å². The van der Waals surface area contributed by atoms with Gasteiger partial charge >= 0.3 is 0 Å². The Hall–Kier alpha value is -3.34. The van der Waals surface area contributed by atoms with Gasteiger partial charge in [-0.25, -0.2) is 4.98 Å². The van der Waals surface area contributed by atoms with Gasteiger partial charge in [-0.1, -0.05) is 23.5 Å². The number of benzene rings is 1. The second kappa shape index (κ2) is 9.65. The van der Waals surface area contributed by atoms with Crippen molar-refractivity contribution in [3.63, 3.8) is 0 Å². The first-order chi connectivity index (χ1) is 15.1. The van der Waals surface area contributed by atoms with E-state index in [2.05, 4.69) is 25.5 Å². The molecular weight excluding hydrogens is 416 g/mol. The largest absolute Gasteiger partial charge is 0.379 e. The molecule has 2 aromatic heterocycles. The van der Waals surface area contributed by atoms with Crippen LogP contribution in [0.3, 0.4) is 0 Å². The number of primary amides is 1. The van der Waals surface area contributed by atoms with E-state index in [0.29, 0.717) is 21.4 Å². The molecule has 1 aromatic carbocycles. The molecule has 1 saturated heterocycles. The number of anilines is 3. The zero-order chi connectivity index (χ0) is 21.6. The van der Waals surface area contributed by atoms with Crippen LogP contribution in [0.4, 0.5) is 15.8 Å². The summed E-state index contributed by atoms with van der Waals surface area (Å²) in [7, 11) is 0. The summed E-state index contributed by atoms with van der Waals surface area (Å²) in [5.74, 6) is -1.05. The molecule has 0 spiro atoms. The molecular formula is C21H22N6O3S. The minimum absolute atomic E-state index is 0.00804. The summed E-state index contributed by atoms with van der Waals surface area (Å²) >= 11 is 1.13. The molecule has 3 aromatic rings. The molecule has 0 radical (unpaired) electrons. The van der Waals surface area contributed by atoms with Gasteiger partial charge in [-0.2, -0.15) is 0 Å². The van der Waals surface area contributed by atoms with Crippen molar-refractivity contribution >= 4 is 39.0 Å². The van der Waals surface area contributed by atoms with Crippen LogP contribution in [0.2, 0.25) is 0 Å². The van der Waals surface area contributed by atoms with Crippen molar-refractivity contribution in [2.75, 3.05) is 36.9 Å². The minimum Gasteiger partial charge on any atom is -0.379 e. The lowest BCUT2D eigenvalue weighted by Gasteiger charge is -2.26. The average molecular weight is 439 g/mol. The van der Waals surface area contributed by atoms with Crippen molar-refractivity contribution in [3.05, 3.63) is 65.6 Å². The molecule has 3 heterocycles. The van der Waals surface area contributed by atoms with Crippen LogP contribution in [0.15, 0.2) is 48.8 Å². The number of ether oxygens (including phenoxy) is 1. The van der Waals surface area contributed by atoms with E-state index < -0.39 is 5.91 Å². The Morgan fingerprint density at radius 1 is 1.16 bits per heavy atom. The molecule has 160 valence electrons. The van der Waals surface area contributed by atoms with Gasteiger partial charge in [-0.05, 0) is 29.8 Å². The topological polar surface area (TPSA) is 122 Å². The fourth-order valence-electron chi connectivity index (χ4n) is 3.14. The molecule has 0 atom stereocenters. The summed E-state index contributed by atoms with van der Waals surface area (Å²) in [6.45, 7) is 4.11. The highest BCUT2D eigenvalue weighted by Gasteiger charge is 2.19. The monoisotopic (exact) mass is 438 g/mol. The maximum absolute atomic E-state index is 12.7. The number of nitrogens with two attached hydrogens (primary N) is 1. The van der Waals surface area contributed by atoms with Crippen LogP contribution < -0.4 is 16.4 Å². The first-order valence-electron chi connectivity index (χ1n) is 9.76. The maximum Gasteiger partial charge on any atom is 0.270 e. The molecule has 10 heteroatoms. The molecule has 2 amide bonds. The molecule has 4 rings (SSSR count). The minimum atomic E-state index is -0.716. The van der Waals surface area contributed by atoms with Gasteiger partial charge in [0, 0.05) is 31.4 Å². The van der Waals surface area contributed by atoms with E-state index in [1.165, 1.54) is 0 Å². The average Bonchev–Trinajstić information content (AvgIpc) is 3.18. The fourth-order valence-corrected chi connectivity index (χ4v) is 4.03. The fraction of sp³-hybridized carbons (Fsp3) is 0.238. The highest BCUT2D eigenvalue weighted by atomic mass is 32.1. The molecule has 0 unspecified atom stereocenters. The standard InChI is InChI=1S/C21H22N6O3S/c22-18(28)17-20(31-21(25-17)24-16-2-1-7-23-12-16)26-19(29)15-5-3-14(4-6-15)13-27-8-10-30-11-9-27/h1-7,12H,8-11,13H2,(H2,22,28)(H,24,25)(H,26,29). The highest BCUT2D eigenvalue weighted by molar-refractivity contribution is 7.20. The van der Waals surface area contributed by atoms with Gasteiger partial charge in [0.25, 0.3) is 11.8 Å². The number of nitrogens with zero attached hydrogens (tertiary/aromatic N) is 3. The normalized spacial score (nSPS) is 14.2. The van der Waals surface area contributed by atoms with Gasteiger partial charge in [-0.3, -0.25) is 19.5 Å². The van der Waals surface area contributed by atoms with Crippen LogP contribution >= 0.6 is 11.3 Å². The van der Waals surface area contributed by atoms with E-state index in [0.717, 1.165) is 49.7 Å². The third kappa shape index (κ3) is 5.43. The number of morpholine rings is 1. The number of amides is 2. The van der Waals surface area contributed by atoms with Gasteiger partial charge < -0.3 is 21.1 Å². The molecule has 4 N–H and O–H groups in total. The van der Waals surface area contributed by atoms with Crippen LogP contribution in [0.25, 0.3) is 0 Å². The van der Waals surface area contributed by atoms with Crippen LogP contribution in [-0.2, 0) is 11.3 Å². The van der Waals surface area contributed by atoms with E-state index in [-0.39, 0.29) is 11.6 Å². The summed E-state index contributed by atoms with van der Waals surface area (Å²) in [5.41, 5.74) is 7.77. The number of rotatable bonds is 7. The van der Waals surface area contributed by atoms with Crippen molar-refractivity contribution < 1.29 is 14.3 Å². The number of pyridine rings is 1.